The number of nitrogens with one attached hydrogen (secondary N) is 2. The van der Waals surface area contributed by atoms with Gasteiger partial charge >= 0.3 is 6.03 Å². The first-order valence-corrected chi connectivity index (χ1v) is 8.66. The second kappa shape index (κ2) is 8.60. The van der Waals surface area contributed by atoms with Crippen LogP contribution in [0.1, 0.15) is 25.5 Å². The molecule has 1 aromatic carbocycles. The summed E-state index contributed by atoms with van der Waals surface area (Å²) in [6.07, 6.45) is 0. The molecule has 140 valence electrons. The molecule has 0 aliphatic carbocycles. The summed E-state index contributed by atoms with van der Waals surface area (Å²) in [5.74, 6) is -0.348. The van der Waals surface area contributed by atoms with Gasteiger partial charge in [-0.1, -0.05) is 12.1 Å². The summed E-state index contributed by atoms with van der Waals surface area (Å²) < 4.78 is 13.0. The highest BCUT2D eigenvalue weighted by atomic mass is 19.1. The van der Waals surface area contributed by atoms with Gasteiger partial charge < -0.3 is 20.6 Å². The van der Waals surface area contributed by atoms with Crippen LogP contribution in [0, 0.1) is 5.82 Å². The third kappa shape index (κ3) is 5.66. The number of benzene rings is 1. The molecule has 1 heterocycles. The second-order valence-electron chi connectivity index (χ2n) is 7.22. The molecule has 3 N–H and O–H groups in total. The number of aliphatic hydroxyl groups excluding tert-OH is 1. The van der Waals surface area contributed by atoms with Gasteiger partial charge in [0.25, 0.3) is 0 Å². The Bertz CT molecular complexity index is 557. The number of carbonyl (C=O) groups is 1. The highest BCUT2D eigenvalue weighted by molar-refractivity contribution is 5.74. The average molecular weight is 352 g/mol. The largest absolute Gasteiger partial charge is 0.394 e. The Balaban J connectivity index is 1.85. The standard InChI is InChI=1S/C18H29FN4O2/c1-18(2,23-10-8-22(3)9-11-23)13-20-17(25)21-16(12-24)14-4-6-15(19)7-5-14/h4-7,16,24H,8-13H2,1-3H3,(H2,20,21,25). The number of carbonyl (C=O) groups excluding carboxylic acids is 1. The molecule has 1 aliphatic heterocycles. The van der Waals surface area contributed by atoms with Gasteiger partial charge in [0, 0.05) is 38.3 Å². The van der Waals surface area contributed by atoms with Crippen molar-refractivity contribution in [2.45, 2.75) is 25.4 Å². The van der Waals surface area contributed by atoms with Gasteiger partial charge in [0.15, 0.2) is 0 Å². The molecule has 0 aromatic heterocycles. The van der Waals surface area contributed by atoms with Crippen LogP contribution < -0.4 is 10.6 Å². The third-order valence-electron chi connectivity index (χ3n) is 4.80. The average Bonchev–Trinajstić information content (AvgIpc) is 2.59. The van der Waals surface area contributed by atoms with Gasteiger partial charge in [-0.25, -0.2) is 9.18 Å². The zero-order valence-corrected chi connectivity index (χ0v) is 15.3. The lowest BCUT2D eigenvalue weighted by Gasteiger charge is -2.43. The number of hydrogen-bond donors (Lipinski definition) is 3. The van der Waals surface area contributed by atoms with Crippen molar-refractivity contribution in [2.75, 3.05) is 46.4 Å². The van der Waals surface area contributed by atoms with Crippen molar-refractivity contribution in [1.29, 1.82) is 0 Å². The fraction of sp³-hybridized carbons (Fsp3) is 0.611. The molecule has 1 fully saturated rings. The molecule has 1 unspecified atom stereocenters. The van der Waals surface area contributed by atoms with E-state index in [2.05, 4.69) is 41.3 Å². The fourth-order valence-electron chi connectivity index (χ4n) is 2.96. The molecule has 0 bridgehead atoms. The van der Waals surface area contributed by atoms with Gasteiger partial charge in [-0.2, -0.15) is 0 Å². The van der Waals surface area contributed by atoms with E-state index in [1.807, 2.05) is 0 Å². The highest BCUT2D eigenvalue weighted by Crippen LogP contribution is 2.16. The summed E-state index contributed by atoms with van der Waals surface area (Å²) in [6.45, 7) is 8.47. The molecule has 2 rings (SSSR count). The number of amides is 2. The Hall–Kier alpha value is -1.70. The van der Waals surface area contributed by atoms with Crippen molar-refractivity contribution in [3.63, 3.8) is 0 Å². The molecule has 0 saturated carbocycles. The fourth-order valence-corrected chi connectivity index (χ4v) is 2.96. The van der Waals surface area contributed by atoms with Crippen LogP contribution in [0.25, 0.3) is 0 Å². The number of likely N-dealkylation sites (N-methyl/N-ethyl adjacent to an activating group) is 1. The topological polar surface area (TPSA) is 67.8 Å². The van der Waals surface area contributed by atoms with Crippen molar-refractivity contribution in [1.82, 2.24) is 20.4 Å². The number of hydrogen-bond acceptors (Lipinski definition) is 4. The van der Waals surface area contributed by atoms with Crippen molar-refractivity contribution in [3.05, 3.63) is 35.6 Å². The lowest BCUT2D eigenvalue weighted by atomic mass is 10.0. The number of nitrogens with zero attached hydrogens (tertiary/aromatic N) is 2. The first-order valence-electron chi connectivity index (χ1n) is 8.66. The van der Waals surface area contributed by atoms with E-state index in [0.29, 0.717) is 12.1 Å². The van der Waals surface area contributed by atoms with E-state index in [4.69, 9.17) is 0 Å². The maximum absolute atomic E-state index is 13.0. The minimum atomic E-state index is -0.563. The Morgan fingerprint density at radius 2 is 1.84 bits per heavy atom. The van der Waals surface area contributed by atoms with E-state index in [1.54, 1.807) is 12.1 Å². The van der Waals surface area contributed by atoms with Gasteiger partial charge in [-0.05, 0) is 38.6 Å². The van der Waals surface area contributed by atoms with Crippen molar-refractivity contribution in [2.24, 2.45) is 0 Å². The van der Waals surface area contributed by atoms with E-state index in [-0.39, 0.29) is 24.0 Å². The van der Waals surface area contributed by atoms with E-state index in [1.165, 1.54) is 12.1 Å². The molecule has 1 atom stereocenters. The van der Waals surface area contributed by atoms with Gasteiger partial charge in [0.05, 0.1) is 12.6 Å². The minimum Gasteiger partial charge on any atom is -0.394 e. The van der Waals surface area contributed by atoms with Gasteiger partial charge in [-0.15, -0.1) is 0 Å². The number of aliphatic hydroxyl groups is 1. The summed E-state index contributed by atoms with van der Waals surface area (Å²) in [4.78, 5) is 16.9. The first-order chi connectivity index (χ1) is 11.8. The third-order valence-corrected chi connectivity index (χ3v) is 4.80. The maximum Gasteiger partial charge on any atom is 0.315 e. The van der Waals surface area contributed by atoms with E-state index in [0.717, 1.165) is 26.2 Å². The molecule has 0 radical (unpaired) electrons. The normalized spacial score (nSPS) is 18.0. The van der Waals surface area contributed by atoms with Crippen LogP contribution >= 0.6 is 0 Å². The second-order valence-corrected chi connectivity index (χ2v) is 7.22. The molecule has 6 nitrogen and oxygen atoms in total. The number of rotatable bonds is 6. The maximum atomic E-state index is 13.0. The Kier molecular flexibility index (Phi) is 6.75. The lowest BCUT2D eigenvalue weighted by Crippen LogP contribution is -2.58. The van der Waals surface area contributed by atoms with Crippen LogP contribution in [0.5, 0.6) is 0 Å². The van der Waals surface area contributed by atoms with Crippen LogP contribution in [0.4, 0.5) is 9.18 Å². The summed E-state index contributed by atoms with van der Waals surface area (Å²) in [7, 11) is 2.11. The van der Waals surface area contributed by atoms with Crippen LogP contribution in [0.2, 0.25) is 0 Å². The molecule has 1 aliphatic rings. The molecule has 1 saturated heterocycles. The number of halogens is 1. The highest BCUT2D eigenvalue weighted by Gasteiger charge is 2.29. The molecule has 0 spiro atoms. The summed E-state index contributed by atoms with van der Waals surface area (Å²) in [5.41, 5.74) is 0.515. The lowest BCUT2D eigenvalue weighted by molar-refractivity contribution is 0.0632. The predicted molar refractivity (Wildman–Crippen MR) is 95.9 cm³/mol. The summed E-state index contributed by atoms with van der Waals surface area (Å²) >= 11 is 0. The molecule has 7 heteroatoms. The monoisotopic (exact) mass is 352 g/mol. The van der Waals surface area contributed by atoms with Crippen LogP contribution in [-0.4, -0.2) is 72.9 Å². The molecule has 2 amide bonds. The zero-order chi connectivity index (χ0) is 18.4. The van der Waals surface area contributed by atoms with Crippen molar-refractivity contribution >= 4 is 6.03 Å². The number of piperazine rings is 1. The van der Waals surface area contributed by atoms with Crippen LogP contribution in [0.3, 0.4) is 0 Å². The van der Waals surface area contributed by atoms with Gasteiger partial charge in [-0.3, -0.25) is 4.90 Å². The van der Waals surface area contributed by atoms with Gasteiger partial charge in [0.2, 0.25) is 0 Å². The molecule has 1 aromatic rings. The summed E-state index contributed by atoms with van der Waals surface area (Å²) in [6, 6.07) is 4.84. The van der Waals surface area contributed by atoms with Gasteiger partial charge in [0.1, 0.15) is 5.82 Å². The molecule has 25 heavy (non-hydrogen) atoms. The van der Waals surface area contributed by atoms with Crippen LogP contribution in [0.15, 0.2) is 24.3 Å². The minimum absolute atomic E-state index is 0.150. The molecular formula is C18H29FN4O2. The van der Waals surface area contributed by atoms with Crippen molar-refractivity contribution in [3.8, 4) is 0 Å². The van der Waals surface area contributed by atoms with E-state index in [9.17, 15) is 14.3 Å². The quantitative estimate of drug-likeness (QED) is 0.719. The van der Waals surface area contributed by atoms with E-state index >= 15 is 0 Å². The van der Waals surface area contributed by atoms with Crippen molar-refractivity contribution < 1.29 is 14.3 Å². The van der Waals surface area contributed by atoms with E-state index < -0.39 is 6.04 Å². The smallest absolute Gasteiger partial charge is 0.315 e. The Morgan fingerprint density at radius 3 is 2.40 bits per heavy atom. The predicted octanol–water partition coefficient (Wildman–Crippen LogP) is 1.18. The Morgan fingerprint density at radius 1 is 1.24 bits per heavy atom. The van der Waals surface area contributed by atoms with Crippen LogP contribution in [-0.2, 0) is 0 Å². The SMILES string of the molecule is CN1CCN(C(C)(C)CNC(=O)NC(CO)c2ccc(F)cc2)CC1. The Labute approximate surface area is 149 Å². The molecular weight excluding hydrogens is 323 g/mol. The summed E-state index contributed by atoms with van der Waals surface area (Å²) in [5, 5.41) is 15.1. The zero-order valence-electron chi connectivity index (χ0n) is 15.3. The first kappa shape index (κ1) is 19.6. The number of urea groups is 1.